The number of nitrogens with one attached hydrogen (secondary N) is 1. The molecule has 0 aliphatic rings. The molecule has 0 aromatic carbocycles. The number of rotatable bonds is 4. The van der Waals surface area contributed by atoms with Crippen molar-refractivity contribution in [2.24, 2.45) is 0 Å². The van der Waals surface area contributed by atoms with E-state index in [4.69, 9.17) is 5.26 Å². The van der Waals surface area contributed by atoms with Crippen molar-refractivity contribution >= 4 is 22.8 Å². The van der Waals surface area contributed by atoms with Crippen molar-refractivity contribution in [3.8, 4) is 6.07 Å². The summed E-state index contributed by atoms with van der Waals surface area (Å²) in [6.07, 6.45) is 1.32. The van der Waals surface area contributed by atoms with Gasteiger partial charge in [0.05, 0.1) is 16.5 Å². The third-order valence-electron chi connectivity index (χ3n) is 2.59. The molecule has 6 nitrogen and oxygen atoms in total. The van der Waals surface area contributed by atoms with E-state index in [2.05, 4.69) is 10.3 Å². The molecule has 0 bridgehead atoms. The molecule has 2 rings (SSSR count). The number of hydrogen-bond donors (Lipinski definition) is 1. The first kappa shape index (κ1) is 13.0. The smallest absolute Gasteiger partial charge is 0.312 e. The topological polar surface area (TPSA) is 91.8 Å². The van der Waals surface area contributed by atoms with Crippen molar-refractivity contribution in [1.82, 2.24) is 4.98 Å². The summed E-state index contributed by atoms with van der Waals surface area (Å²) in [7, 11) is 0. The largest absolute Gasteiger partial charge is 0.358 e. The zero-order chi connectivity index (χ0) is 13.8. The number of nitriles is 1. The van der Waals surface area contributed by atoms with Crippen molar-refractivity contribution in [3.63, 3.8) is 0 Å². The van der Waals surface area contributed by atoms with Gasteiger partial charge < -0.3 is 5.32 Å². The van der Waals surface area contributed by atoms with Gasteiger partial charge in [-0.1, -0.05) is 0 Å². The normalized spacial score (nSPS) is 11.6. The number of anilines is 1. The minimum absolute atomic E-state index is 0.0922. The molecule has 2 aromatic rings. The Labute approximate surface area is 113 Å². The van der Waals surface area contributed by atoms with Gasteiger partial charge in [0, 0.05) is 12.3 Å². The lowest BCUT2D eigenvalue weighted by molar-refractivity contribution is -0.384. The van der Waals surface area contributed by atoms with Crippen LogP contribution in [0, 0.1) is 21.4 Å². The van der Waals surface area contributed by atoms with E-state index in [-0.39, 0.29) is 23.1 Å². The van der Waals surface area contributed by atoms with E-state index < -0.39 is 4.92 Å². The summed E-state index contributed by atoms with van der Waals surface area (Å²) in [5, 5.41) is 26.6. The maximum Gasteiger partial charge on any atom is 0.312 e. The lowest BCUT2D eigenvalue weighted by atomic mass is 10.2. The Bertz CT molecular complexity index is 634. The highest BCUT2D eigenvalue weighted by Gasteiger charge is 2.18. The van der Waals surface area contributed by atoms with Gasteiger partial charge in [0.1, 0.15) is 6.07 Å². The molecule has 96 valence electrons. The Morgan fingerprint density at radius 3 is 3.00 bits per heavy atom. The fraction of sp³-hybridized carbons (Fsp3) is 0.167. The minimum Gasteiger partial charge on any atom is -0.358 e. The molecule has 0 saturated heterocycles. The van der Waals surface area contributed by atoms with Crippen LogP contribution >= 0.6 is 11.3 Å². The predicted molar refractivity (Wildman–Crippen MR) is 72.0 cm³/mol. The molecule has 1 atom stereocenters. The quantitative estimate of drug-likeness (QED) is 0.683. The Morgan fingerprint density at radius 1 is 1.63 bits per heavy atom. The van der Waals surface area contributed by atoms with Gasteiger partial charge in [-0.25, -0.2) is 4.98 Å². The number of nitro groups is 1. The summed E-state index contributed by atoms with van der Waals surface area (Å²) in [6, 6.07) is 4.91. The summed E-state index contributed by atoms with van der Waals surface area (Å²) in [5.41, 5.74) is 1.01. The molecular formula is C12H10N4O2S. The number of aromatic nitrogens is 1. The molecule has 1 unspecified atom stereocenters. The van der Waals surface area contributed by atoms with Crippen LogP contribution in [-0.4, -0.2) is 9.91 Å². The number of thiophene rings is 1. The highest BCUT2D eigenvalue weighted by molar-refractivity contribution is 7.07. The second kappa shape index (κ2) is 5.46. The Hall–Kier alpha value is -2.46. The van der Waals surface area contributed by atoms with Crippen LogP contribution < -0.4 is 5.32 Å². The average Bonchev–Trinajstić information content (AvgIpc) is 2.92. The Kier molecular flexibility index (Phi) is 3.73. The third-order valence-corrected chi connectivity index (χ3v) is 3.29. The summed E-state index contributed by atoms with van der Waals surface area (Å²) >= 11 is 1.56. The predicted octanol–water partition coefficient (Wildman–Crippen LogP) is 3.10. The van der Waals surface area contributed by atoms with Crippen LogP contribution in [0.5, 0.6) is 0 Å². The maximum absolute atomic E-state index is 11.0. The maximum atomic E-state index is 11.0. The van der Waals surface area contributed by atoms with E-state index in [0.717, 1.165) is 5.56 Å². The van der Waals surface area contributed by atoms with E-state index in [9.17, 15) is 10.1 Å². The first-order chi connectivity index (χ1) is 9.11. The number of nitrogens with zero attached hydrogens (tertiary/aromatic N) is 3. The molecule has 0 amide bonds. The monoisotopic (exact) mass is 274 g/mol. The average molecular weight is 274 g/mol. The lowest BCUT2D eigenvalue weighted by Crippen LogP contribution is -2.09. The molecular weight excluding hydrogens is 264 g/mol. The molecule has 0 aliphatic carbocycles. The number of pyridine rings is 1. The standard InChI is InChI=1S/C12H10N4O2S/c1-8(10-2-3-19-7-10)15-12-11(16(17)18)4-9(5-13)6-14-12/h2-4,6-8H,1H3,(H,14,15). The fourth-order valence-electron chi connectivity index (χ4n) is 1.57. The van der Waals surface area contributed by atoms with Crippen LogP contribution in [0.4, 0.5) is 11.5 Å². The molecule has 2 aromatic heterocycles. The van der Waals surface area contributed by atoms with Crippen LogP contribution in [-0.2, 0) is 0 Å². The van der Waals surface area contributed by atoms with Crippen molar-refractivity contribution in [3.05, 3.63) is 50.3 Å². The van der Waals surface area contributed by atoms with Gasteiger partial charge >= 0.3 is 5.69 Å². The van der Waals surface area contributed by atoms with Gasteiger partial charge in [0.25, 0.3) is 0 Å². The highest BCUT2D eigenvalue weighted by Crippen LogP contribution is 2.27. The van der Waals surface area contributed by atoms with Gasteiger partial charge in [-0.3, -0.25) is 10.1 Å². The molecule has 1 N–H and O–H groups in total. The zero-order valence-electron chi connectivity index (χ0n) is 10.0. The van der Waals surface area contributed by atoms with E-state index in [1.54, 1.807) is 11.3 Å². The van der Waals surface area contributed by atoms with E-state index in [1.165, 1.54) is 12.3 Å². The highest BCUT2D eigenvalue weighted by atomic mass is 32.1. The Morgan fingerprint density at radius 2 is 2.42 bits per heavy atom. The van der Waals surface area contributed by atoms with E-state index >= 15 is 0 Å². The second-order valence-corrected chi connectivity index (χ2v) is 4.66. The van der Waals surface area contributed by atoms with Gasteiger partial charge in [-0.2, -0.15) is 16.6 Å². The van der Waals surface area contributed by atoms with Crippen molar-refractivity contribution in [2.75, 3.05) is 5.32 Å². The summed E-state index contributed by atoms with van der Waals surface area (Å²) in [4.78, 5) is 14.4. The van der Waals surface area contributed by atoms with Crippen LogP contribution in [0.1, 0.15) is 24.1 Å². The lowest BCUT2D eigenvalue weighted by Gasteiger charge is -2.13. The zero-order valence-corrected chi connectivity index (χ0v) is 10.8. The van der Waals surface area contributed by atoms with Crippen molar-refractivity contribution in [2.45, 2.75) is 13.0 Å². The molecule has 7 heteroatoms. The summed E-state index contributed by atoms with van der Waals surface area (Å²) in [5.74, 6) is 0.169. The van der Waals surface area contributed by atoms with Gasteiger partial charge in [-0.05, 0) is 29.3 Å². The molecule has 0 fully saturated rings. The van der Waals surface area contributed by atoms with E-state index in [0.29, 0.717) is 0 Å². The van der Waals surface area contributed by atoms with Crippen molar-refractivity contribution in [1.29, 1.82) is 5.26 Å². The van der Waals surface area contributed by atoms with E-state index in [1.807, 2.05) is 29.8 Å². The SMILES string of the molecule is CC(Nc1ncc(C#N)cc1[N+](=O)[O-])c1ccsc1. The van der Waals surface area contributed by atoms with Crippen LogP contribution in [0.2, 0.25) is 0 Å². The van der Waals surface area contributed by atoms with Crippen LogP contribution in [0.3, 0.4) is 0 Å². The minimum atomic E-state index is -0.545. The molecule has 0 aliphatic heterocycles. The molecule has 0 radical (unpaired) electrons. The van der Waals surface area contributed by atoms with Crippen LogP contribution in [0.15, 0.2) is 29.1 Å². The molecule has 0 saturated carbocycles. The fourth-order valence-corrected chi connectivity index (χ4v) is 2.33. The summed E-state index contributed by atoms with van der Waals surface area (Å²) in [6.45, 7) is 1.89. The molecule has 2 heterocycles. The van der Waals surface area contributed by atoms with Gasteiger partial charge in [0.2, 0.25) is 5.82 Å². The van der Waals surface area contributed by atoms with Crippen molar-refractivity contribution < 1.29 is 4.92 Å². The first-order valence-corrected chi connectivity index (χ1v) is 6.39. The van der Waals surface area contributed by atoms with Gasteiger partial charge in [0.15, 0.2) is 0 Å². The Balaban J connectivity index is 2.30. The van der Waals surface area contributed by atoms with Crippen LogP contribution in [0.25, 0.3) is 0 Å². The third kappa shape index (κ3) is 2.86. The molecule has 19 heavy (non-hydrogen) atoms. The van der Waals surface area contributed by atoms with Gasteiger partial charge in [-0.15, -0.1) is 0 Å². The number of hydrogen-bond acceptors (Lipinski definition) is 6. The first-order valence-electron chi connectivity index (χ1n) is 5.45. The summed E-state index contributed by atoms with van der Waals surface area (Å²) < 4.78 is 0. The second-order valence-electron chi connectivity index (χ2n) is 3.88. The molecule has 0 spiro atoms.